The summed E-state index contributed by atoms with van der Waals surface area (Å²) in [5.41, 5.74) is 0.0591. The number of hydrogen-bond donors (Lipinski definition) is 2. The second kappa shape index (κ2) is 12.0. The van der Waals surface area contributed by atoms with Crippen LogP contribution in [0.25, 0.3) is 0 Å². The van der Waals surface area contributed by atoms with Crippen molar-refractivity contribution in [2.75, 3.05) is 32.2 Å². The third-order valence-electron chi connectivity index (χ3n) is 4.01. The summed E-state index contributed by atoms with van der Waals surface area (Å²) in [6.07, 6.45) is 0. The Balaban J connectivity index is 1.86. The van der Waals surface area contributed by atoms with Gasteiger partial charge in [-0.15, -0.1) is 0 Å². The minimum Gasteiger partial charge on any atom is -0.493 e. The van der Waals surface area contributed by atoms with Crippen molar-refractivity contribution in [3.8, 4) is 11.5 Å². The average molecular weight is 485 g/mol. The van der Waals surface area contributed by atoms with Gasteiger partial charge in [0.15, 0.2) is 29.7 Å². The van der Waals surface area contributed by atoms with Crippen LogP contribution in [-0.2, 0) is 14.3 Å². The van der Waals surface area contributed by atoms with Crippen LogP contribution in [0.3, 0.4) is 0 Å². The molecule has 2 aromatic rings. The molecule has 2 N–H and O–H groups in total. The number of esters is 1. The van der Waals surface area contributed by atoms with E-state index in [1.54, 1.807) is 0 Å². The van der Waals surface area contributed by atoms with Crippen LogP contribution in [0.1, 0.15) is 24.2 Å². The number of carbonyl (C=O) groups is 3. The number of halogens is 3. The zero-order valence-electron chi connectivity index (χ0n) is 18.2. The summed E-state index contributed by atoms with van der Waals surface area (Å²) in [6.45, 7) is 3.18. The Bertz CT molecular complexity index is 1030. The number of amides is 2. The number of ether oxygens (including phenoxy) is 3. The minimum atomic E-state index is -1.13. The number of rotatable bonds is 10. The number of carbonyl (C=O) groups excluding carboxylic acids is 3. The average Bonchev–Trinajstić information content (AvgIpc) is 2.77. The highest BCUT2D eigenvalue weighted by atomic mass is 35.5. The highest BCUT2D eigenvalue weighted by Gasteiger charge is 2.18. The first-order valence-corrected chi connectivity index (χ1v) is 10.2. The molecule has 33 heavy (non-hydrogen) atoms. The lowest BCUT2D eigenvalue weighted by Crippen LogP contribution is -2.35. The standard InChI is InChI=1S/C22H23ClF2N2O6/c1-12(2)10-32-21-15(23)6-13(7-18(21)31-3)22(30)33-11-20(29)26-9-19(28)27-14-4-5-16(24)17(25)8-14/h4-8,12H,9-11H2,1-3H3,(H,26,29)(H,27,28). The van der Waals surface area contributed by atoms with Gasteiger partial charge < -0.3 is 24.8 Å². The topological polar surface area (TPSA) is 103 Å². The molecule has 0 radical (unpaired) electrons. The molecule has 8 nitrogen and oxygen atoms in total. The van der Waals surface area contributed by atoms with Crippen LogP contribution in [0.4, 0.5) is 14.5 Å². The van der Waals surface area contributed by atoms with Gasteiger partial charge in [0.1, 0.15) is 0 Å². The molecule has 0 fully saturated rings. The van der Waals surface area contributed by atoms with Crippen molar-refractivity contribution in [3.05, 3.63) is 52.6 Å². The molecular weight excluding hydrogens is 462 g/mol. The Kier molecular flexibility index (Phi) is 9.41. The Morgan fingerprint density at radius 3 is 2.42 bits per heavy atom. The number of benzene rings is 2. The van der Waals surface area contributed by atoms with E-state index in [0.29, 0.717) is 6.61 Å². The van der Waals surface area contributed by atoms with Crippen LogP contribution in [0, 0.1) is 17.6 Å². The van der Waals surface area contributed by atoms with Crippen molar-refractivity contribution in [2.24, 2.45) is 5.92 Å². The highest BCUT2D eigenvalue weighted by molar-refractivity contribution is 6.32. The first-order chi connectivity index (χ1) is 15.6. The van der Waals surface area contributed by atoms with Gasteiger partial charge in [-0.3, -0.25) is 9.59 Å². The van der Waals surface area contributed by atoms with Gasteiger partial charge in [0.05, 0.1) is 30.8 Å². The normalized spacial score (nSPS) is 10.5. The molecule has 2 aromatic carbocycles. The van der Waals surface area contributed by atoms with Crippen LogP contribution in [0.2, 0.25) is 5.02 Å². The second-order valence-electron chi connectivity index (χ2n) is 7.22. The molecule has 0 heterocycles. The molecule has 0 spiro atoms. The molecule has 0 unspecified atom stereocenters. The molecule has 0 bridgehead atoms. The van der Waals surface area contributed by atoms with E-state index in [1.807, 2.05) is 13.8 Å². The Morgan fingerprint density at radius 1 is 1.06 bits per heavy atom. The zero-order valence-corrected chi connectivity index (χ0v) is 18.9. The van der Waals surface area contributed by atoms with Gasteiger partial charge in [-0.25, -0.2) is 13.6 Å². The third-order valence-corrected chi connectivity index (χ3v) is 4.29. The van der Waals surface area contributed by atoms with Crippen molar-refractivity contribution >= 4 is 35.1 Å². The van der Waals surface area contributed by atoms with Gasteiger partial charge in [0, 0.05) is 11.8 Å². The van der Waals surface area contributed by atoms with Crippen molar-refractivity contribution < 1.29 is 37.4 Å². The molecule has 11 heteroatoms. The summed E-state index contributed by atoms with van der Waals surface area (Å²) in [5.74, 6) is -3.70. The van der Waals surface area contributed by atoms with E-state index in [4.69, 9.17) is 25.8 Å². The van der Waals surface area contributed by atoms with Crippen LogP contribution >= 0.6 is 11.6 Å². The van der Waals surface area contributed by atoms with Crippen LogP contribution in [-0.4, -0.2) is 44.7 Å². The molecule has 0 aliphatic rings. The molecule has 2 rings (SSSR count). The molecular formula is C22H23ClF2N2O6. The van der Waals surface area contributed by atoms with E-state index < -0.39 is 42.6 Å². The van der Waals surface area contributed by atoms with Gasteiger partial charge in [-0.1, -0.05) is 25.4 Å². The maximum Gasteiger partial charge on any atom is 0.338 e. The quantitative estimate of drug-likeness (QED) is 0.500. The molecule has 178 valence electrons. The van der Waals surface area contributed by atoms with E-state index in [-0.39, 0.29) is 33.7 Å². The monoisotopic (exact) mass is 484 g/mol. The number of methoxy groups -OCH3 is 1. The summed E-state index contributed by atoms with van der Waals surface area (Å²) in [7, 11) is 1.39. The smallest absolute Gasteiger partial charge is 0.338 e. The summed E-state index contributed by atoms with van der Waals surface area (Å²) < 4.78 is 41.8. The van der Waals surface area contributed by atoms with E-state index in [0.717, 1.165) is 12.1 Å². The van der Waals surface area contributed by atoms with Crippen molar-refractivity contribution in [1.82, 2.24) is 5.32 Å². The van der Waals surface area contributed by atoms with E-state index in [2.05, 4.69) is 10.6 Å². The lowest BCUT2D eigenvalue weighted by Gasteiger charge is -2.15. The lowest BCUT2D eigenvalue weighted by atomic mass is 10.2. The van der Waals surface area contributed by atoms with Gasteiger partial charge >= 0.3 is 5.97 Å². The van der Waals surface area contributed by atoms with Crippen molar-refractivity contribution in [3.63, 3.8) is 0 Å². The summed E-state index contributed by atoms with van der Waals surface area (Å²) in [5, 5.41) is 4.67. The maximum absolute atomic E-state index is 13.2. The van der Waals surface area contributed by atoms with Gasteiger partial charge in [0.25, 0.3) is 5.91 Å². The van der Waals surface area contributed by atoms with Crippen molar-refractivity contribution in [1.29, 1.82) is 0 Å². The van der Waals surface area contributed by atoms with Crippen LogP contribution < -0.4 is 20.1 Å². The zero-order chi connectivity index (χ0) is 24.5. The van der Waals surface area contributed by atoms with Gasteiger partial charge in [0.2, 0.25) is 5.91 Å². The number of anilines is 1. The van der Waals surface area contributed by atoms with Gasteiger partial charge in [-0.2, -0.15) is 0 Å². The molecule has 0 aliphatic carbocycles. The fourth-order valence-electron chi connectivity index (χ4n) is 2.45. The lowest BCUT2D eigenvalue weighted by molar-refractivity contribution is -0.126. The SMILES string of the molecule is COc1cc(C(=O)OCC(=O)NCC(=O)Nc2ccc(F)c(F)c2)cc(Cl)c1OCC(C)C. The molecule has 0 aliphatic heterocycles. The maximum atomic E-state index is 13.2. The molecule has 0 aromatic heterocycles. The summed E-state index contributed by atoms with van der Waals surface area (Å²) in [4.78, 5) is 36.0. The molecule has 0 saturated heterocycles. The fraction of sp³-hybridized carbons (Fsp3) is 0.318. The fourth-order valence-corrected chi connectivity index (χ4v) is 2.72. The summed E-state index contributed by atoms with van der Waals surface area (Å²) in [6, 6.07) is 5.52. The summed E-state index contributed by atoms with van der Waals surface area (Å²) >= 11 is 6.19. The Morgan fingerprint density at radius 2 is 1.79 bits per heavy atom. The molecule has 0 saturated carbocycles. The number of hydrogen-bond acceptors (Lipinski definition) is 6. The van der Waals surface area contributed by atoms with Gasteiger partial charge in [-0.05, 0) is 30.2 Å². The Hall–Kier alpha value is -3.40. The van der Waals surface area contributed by atoms with Crippen LogP contribution in [0.15, 0.2) is 30.3 Å². The van der Waals surface area contributed by atoms with E-state index >= 15 is 0 Å². The van der Waals surface area contributed by atoms with E-state index in [1.165, 1.54) is 25.3 Å². The first-order valence-electron chi connectivity index (χ1n) is 9.79. The predicted octanol–water partition coefficient (Wildman–Crippen LogP) is 3.57. The first kappa shape index (κ1) is 25.9. The predicted molar refractivity (Wildman–Crippen MR) is 117 cm³/mol. The van der Waals surface area contributed by atoms with E-state index in [9.17, 15) is 23.2 Å². The third kappa shape index (κ3) is 7.90. The minimum absolute atomic E-state index is 0.0197. The highest BCUT2D eigenvalue weighted by Crippen LogP contribution is 2.36. The number of nitrogens with one attached hydrogen (secondary N) is 2. The van der Waals surface area contributed by atoms with Crippen LogP contribution in [0.5, 0.6) is 11.5 Å². The van der Waals surface area contributed by atoms with Crippen molar-refractivity contribution in [2.45, 2.75) is 13.8 Å². The second-order valence-corrected chi connectivity index (χ2v) is 7.63. The Labute approximate surface area is 194 Å². The largest absolute Gasteiger partial charge is 0.493 e. The molecule has 2 amide bonds. The molecule has 0 atom stereocenters.